The van der Waals surface area contributed by atoms with Gasteiger partial charge in [-0.2, -0.15) is 17.4 Å². The van der Waals surface area contributed by atoms with E-state index in [2.05, 4.69) is 31.3 Å². The van der Waals surface area contributed by atoms with Crippen molar-refractivity contribution in [3.63, 3.8) is 0 Å². The van der Waals surface area contributed by atoms with Crippen molar-refractivity contribution < 1.29 is 14.2 Å². The molecule has 12 heteroatoms. The van der Waals surface area contributed by atoms with E-state index in [9.17, 15) is 12.8 Å². The molecule has 1 atom stereocenters. The van der Waals surface area contributed by atoms with Crippen LogP contribution in [0, 0.1) is 5.82 Å². The minimum atomic E-state index is -3.52. The predicted octanol–water partition coefficient (Wildman–Crippen LogP) is 4.23. The minimum absolute atomic E-state index is 0. The van der Waals surface area contributed by atoms with Gasteiger partial charge in [-0.05, 0) is 56.1 Å². The Kier molecular flexibility index (Phi) is 9.89. The molecular weight excluding hydrogens is 550 g/mol. The van der Waals surface area contributed by atoms with E-state index in [1.54, 1.807) is 24.4 Å². The molecule has 1 N–H and O–H groups in total. The molecule has 0 radical (unpaired) electrons. The molecule has 8 nitrogen and oxygen atoms in total. The molecule has 0 unspecified atom stereocenters. The molecule has 0 amide bonds. The highest BCUT2D eigenvalue weighted by Crippen LogP contribution is 2.30. The van der Waals surface area contributed by atoms with Crippen molar-refractivity contribution in [2.24, 2.45) is 0 Å². The van der Waals surface area contributed by atoms with Gasteiger partial charge in [0.05, 0.1) is 5.02 Å². The van der Waals surface area contributed by atoms with Crippen LogP contribution < -0.4 is 9.62 Å². The quantitative estimate of drug-likeness (QED) is 0.472. The molecule has 2 fully saturated rings. The molecule has 2 aliphatic heterocycles. The summed E-state index contributed by atoms with van der Waals surface area (Å²) in [6, 6.07) is 7.59. The lowest BCUT2D eigenvalue weighted by Gasteiger charge is -2.47. The molecular formula is C26H39Cl2FN6O2S. The highest BCUT2D eigenvalue weighted by Gasteiger charge is 2.34. The summed E-state index contributed by atoms with van der Waals surface area (Å²) in [6.07, 6.45) is 4.82. The van der Waals surface area contributed by atoms with Crippen molar-refractivity contribution in [3.05, 3.63) is 57.5 Å². The molecule has 0 aliphatic carbocycles. The molecule has 212 valence electrons. The number of nitrogens with one attached hydrogen (secondary N) is 1. The van der Waals surface area contributed by atoms with E-state index in [0.29, 0.717) is 39.8 Å². The van der Waals surface area contributed by atoms with Gasteiger partial charge in [0.2, 0.25) is 0 Å². The fourth-order valence-corrected chi connectivity index (χ4v) is 6.38. The summed E-state index contributed by atoms with van der Waals surface area (Å²) in [6.45, 7) is 7.43. The highest BCUT2D eigenvalue weighted by molar-refractivity contribution is 7.87. The highest BCUT2D eigenvalue weighted by atomic mass is 35.5. The first-order valence-electron chi connectivity index (χ1n) is 13.1. The number of halogens is 3. The van der Waals surface area contributed by atoms with Crippen LogP contribution >= 0.6 is 23.2 Å². The first-order valence-corrected chi connectivity index (χ1v) is 15.3. The Morgan fingerprint density at radius 2 is 1.89 bits per heavy atom. The number of hydrogen-bond donors (Lipinski definition) is 1. The van der Waals surface area contributed by atoms with E-state index in [-0.39, 0.29) is 13.8 Å². The van der Waals surface area contributed by atoms with Gasteiger partial charge in [-0.15, -0.1) is 0 Å². The lowest BCUT2D eigenvalue weighted by Crippen LogP contribution is -2.58. The van der Waals surface area contributed by atoms with E-state index in [1.165, 1.54) is 20.2 Å². The van der Waals surface area contributed by atoms with Crippen LogP contribution in [-0.4, -0.2) is 86.4 Å². The van der Waals surface area contributed by atoms with Crippen LogP contribution in [0.2, 0.25) is 10.0 Å². The van der Waals surface area contributed by atoms with Crippen LogP contribution in [0.15, 0.2) is 30.5 Å². The molecule has 0 bridgehead atoms. The summed E-state index contributed by atoms with van der Waals surface area (Å²) in [5.74, 6) is 0.501. The Balaban J connectivity index is 0.00000420. The molecule has 0 spiro atoms. The maximum atomic E-state index is 14.2. The third-order valence-electron chi connectivity index (χ3n) is 7.55. The van der Waals surface area contributed by atoms with Crippen molar-refractivity contribution in [2.45, 2.75) is 51.4 Å². The predicted molar refractivity (Wildman–Crippen MR) is 154 cm³/mol. The second-order valence-electron chi connectivity index (χ2n) is 10.2. The number of benzene rings is 1. The number of hydrogen-bond acceptors (Lipinski definition) is 6. The normalized spacial score (nSPS) is 20.4. The van der Waals surface area contributed by atoms with Crippen LogP contribution in [0.3, 0.4) is 0 Å². The van der Waals surface area contributed by atoms with Crippen molar-refractivity contribution in [2.75, 3.05) is 51.7 Å². The van der Waals surface area contributed by atoms with Gasteiger partial charge in [-0.3, -0.25) is 9.80 Å². The Morgan fingerprint density at radius 1 is 1.16 bits per heavy atom. The second kappa shape index (κ2) is 12.8. The molecule has 2 aromatic rings. The van der Waals surface area contributed by atoms with Gasteiger partial charge >= 0.3 is 0 Å². The van der Waals surface area contributed by atoms with Crippen LogP contribution in [0.5, 0.6) is 0 Å². The Morgan fingerprint density at radius 3 is 2.53 bits per heavy atom. The zero-order valence-corrected chi connectivity index (χ0v) is 24.5. The smallest absolute Gasteiger partial charge is 0.279 e. The minimum Gasteiger partial charge on any atom is -0.353 e. The number of pyridine rings is 1. The van der Waals surface area contributed by atoms with Gasteiger partial charge in [0.25, 0.3) is 10.2 Å². The van der Waals surface area contributed by atoms with Crippen molar-refractivity contribution in [3.8, 4) is 0 Å². The average Bonchev–Trinajstić information content (AvgIpc) is 2.89. The number of rotatable bonds is 9. The number of likely N-dealkylation sites (tertiary alicyclic amines) is 1. The number of aromatic nitrogens is 1. The number of piperidine rings is 1. The maximum absolute atomic E-state index is 14.2. The summed E-state index contributed by atoms with van der Waals surface area (Å²) < 4.78 is 41.9. The zero-order valence-electron chi connectivity index (χ0n) is 22.2. The topological polar surface area (TPSA) is 72.0 Å². The summed E-state index contributed by atoms with van der Waals surface area (Å²) >= 11 is 12.5. The molecule has 38 heavy (non-hydrogen) atoms. The maximum Gasteiger partial charge on any atom is 0.279 e. The lowest BCUT2D eigenvalue weighted by molar-refractivity contribution is 0.0607. The SMILES string of the molecule is CC[C@H]1CN(c2ncc(CNS(=O)(=O)N(C)C)cc2Cl)CCN1C1CCN(Cc2ccc(Cl)cc2F)CC1.[HH]. The van der Waals surface area contributed by atoms with Gasteiger partial charge in [-0.25, -0.2) is 9.37 Å². The van der Waals surface area contributed by atoms with Crippen LogP contribution in [0.4, 0.5) is 10.2 Å². The number of nitrogens with zero attached hydrogens (tertiary/aromatic N) is 5. The largest absolute Gasteiger partial charge is 0.353 e. The van der Waals surface area contributed by atoms with Crippen molar-refractivity contribution in [1.29, 1.82) is 0 Å². The van der Waals surface area contributed by atoms with Gasteiger partial charge < -0.3 is 4.90 Å². The Labute approximate surface area is 237 Å². The number of piperazine rings is 1. The molecule has 2 aliphatic rings. The summed E-state index contributed by atoms with van der Waals surface area (Å²) in [5, 5.41) is 0.951. The van der Waals surface area contributed by atoms with E-state index in [4.69, 9.17) is 23.2 Å². The zero-order chi connectivity index (χ0) is 27.4. The Hall–Kier alpha value is -1.53. The summed E-state index contributed by atoms with van der Waals surface area (Å²) in [7, 11) is -0.561. The monoisotopic (exact) mass is 588 g/mol. The Bertz CT molecular complexity index is 1220. The van der Waals surface area contributed by atoms with Gasteiger partial charge in [0, 0.05) is 77.1 Å². The number of anilines is 1. The van der Waals surface area contributed by atoms with E-state index >= 15 is 0 Å². The molecule has 1 aromatic heterocycles. The van der Waals surface area contributed by atoms with Crippen molar-refractivity contribution in [1.82, 2.24) is 23.8 Å². The second-order valence-corrected chi connectivity index (χ2v) is 13.1. The average molecular weight is 590 g/mol. The third kappa shape index (κ3) is 7.15. The van der Waals surface area contributed by atoms with Gasteiger partial charge in [0.1, 0.15) is 11.6 Å². The standard InChI is InChI=1S/C26H37Cl2FN6O2S.H2/c1-4-22-18-34(26-24(28)13-19(15-30-26)16-31-38(36,37)32(2)3)11-12-35(22)23-7-9-33(10-8-23)17-20-5-6-21(27)14-25(20)29;/h5-6,13-15,22-23,31H,4,7-12,16-18H2,1-3H3;1H/t22-;/m0./s1. The van der Waals surface area contributed by atoms with Gasteiger partial charge in [-0.1, -0.05) is 36.2 Å². The molecule has 4 rings (SSSR count). The first kappa shape index (κ1) is 29.5. The van der Waals surface area contributed by atoms with Crippen LogP contribution in [0.1, 0.15) is 38.7 Å². The molecule has 0 saturated carbocycles. The van der Waals surface area contributed by atoms with Crippen LogP contribution in [-0.2, 0) is 23.3 Å². The fraction of sp³-hybridized carbons (Fsp3) is 0.577. The fourth-order valence-electron chi connectivity index (χ4n) is 5.31. The third-order valence-corrected chi connectivity index (χ3v) is 9.54. The first-order chi connectivity index (χ1) is 18.1. The van der Waals surface area contributed by atoms with E-state index in [1.807, 2.05) is 0 Å². The molecule has 1 aromatic carbocycles. The molecule has 3 heterocycles. The van der Waals surface area contributed by atoms with Crippen molar-refractivity contribution >= 4 is 39.2 Å². The van der Waals surface area contributed by atoms with Gasteiger partial charge in [0.15, 0.2) is 0 Å². The summed E-state index contributed by atoms with van der Waals surface area (Å²) in [5.41, 5.74) is 1.40. The van der Waals surface area contributed by atoms with E-state index < -0.39 is 10.2 Å². The van der Waals surface area contributed by atoms with Crippen LogP contribution in [0.25, 0.3) is 0 Å². The molecule has 2 saturated heterocycles. The lowest BCUT2D eigenvalue weighted by atomic mass is 9.97. The summed E-state index contributed by atoms with van der Waals surface area (Å²) in [4.78, 5) is 11.8. The van der Waals surface area contributed by atoms with E-state index in [0.717, 1.165) is 62.1 Å².